The highest BCUT2D eigenvalue weighted by atomic mass is 16.2. The number of carbonyl (C=O) groups excluding carboxylic acids is 1. The normalized spacial score (nSPS) is 18.0. The number of para-hydroxylation sites is 1. The lowest BCUT2D eigenvalue weighted by atomic mass is 9.92. The Hall–Kier alpha value is -2.18. The minimum Gasteiger partial charge on any atom is -0.337 e. The summed E-state index contributed by atoms with van der Waals surface area (Å²) in [5.41, 5.74) is 3.38. The SMILES string of the molecule is CC(C)c1cccc(C(C)C)c1NC(=O)CN1CCNCC1c1nccn1C. The molecule has 1 aliphatic rings. The Kier molecular flexibility index (Phi) is 6.52. The number of hydrogen-bond donors (Lipinski definition) is 2. The summed E-state index contributed by atoms with van der Waals surface area (Å²) in [6.07, 6.45) is 3.77. The van der Waals surface area contributed by atoms with Crippen molar-refractivity contribution in [2.45, 2.75) is 45.6 Å². The number of nitrogens with zero attached hydrogens (tertiary/aromatic N) is 3. The molecule has 1 saturated heterocycles. The second kappa shape index (κ2) is 8.88. The fraction of sp³-hybridized carbons (Fsp3) is 0.545. The molecule has 152 valence electrons. The van der Waals surface area contributed by atoms with Crippen LogP contribution in [-0.2, 0) is 11.8 Å². The number of nitrogens with one attached hydrogen (secondary N) is 2. The maximum absolute atomic E-state index is 13.0. The van der Waals surface area contributed by atoms with Crippen LogP contribution >= 0.6 is 0 Å². The molecule has 6 heteroatoms. The summed E-state index contributed by atoms with van der Waals surface area (Å²) >= 11 is 0. The van der Waals surface area contributed by atoms with Crippen LogP contribution < -0.4 is 10.6 Å². The molecule has 28 heavy (non-hydrogen) atoms. The molecular weight excluding hydrogens is 350 g/mol. The highest BCUT2D eigenvalue weighted by molar-refractivity contribution is 5.94. The van der Waals surface area contributed by atoms with Gasteiger partial charge in [-0.25, -0.2) is 4.98 Å². The molecule has 0 aliphatic carbocycles. The summed E-state index contributed by atoms with van der Waals surface area (Å²) in [5, 5.41) is 6.67. The number of hydrogen-bond acceptors (Lipinski definition) is 4. The third-order valence-electron chi connectivity index (χ3n) is 5.49. The molecule has 1 atom stereocenters. The second-order valence-corrected chi connectivity index (χ2v) is 8.26. The van der Waals surface area contributed by atoms with Gasteiger partial charge in [0.15, 0.2) is 0 Å². The molecule has 2 heterocycles. The van der Waals surface area contributed by atoms with Gasteiger partial charge < -0.3 is 15.2 Å². The number of aromatic nitrogens is 2. The molecule has 0 bridgehead atoms. The van der Waals surface area contributed by atoms with Gasteiger partial charge in [0.1, 0.15) is 5.82 Å². The second-order valence-electron chi connectivity index (χ2n) is 8.26. The Morgan fingerprint density at radius 3 is 2.50 bits per heavy atom. The van der Waals surface area contributed by atoms with E-state index in [4.69, 9.17) is 0 Å². The van der Waals surface area contributed by atoms with Crippen LogP contribution in [0.5, 0.6) is 0 Å². The maximum Gasteiger partial charge on any atom is 0.238 e. The van der Waals surface area contributed by atoms with Gasteiger partial charge in [0.25, 0.3) is 0 Å². The number of amides is 1. The number of benzene rings is 1. The van der Waals surface area contributed by atoms with Crippen LogP contribution in [0.25, 0.3) is 0 Å². The van der Waals surface area contributed by atoms with Gasteiger partial charge in [-0.1, -0.05) is 45.9 Å². The van der Waals surface area contributed by atoms with Crippen LogP contribution in [0.2, 0.25) is 0 Å². The number of aryl methyl sites for hydroxylation is 1. The molecule has 1 unspecified atom stereocenters. The van der Waals surface area contributed by atoms with E-state index in [2.05, 4.69) is 66.4 Å². The van der Waals surface area contributed by atoms with E-state index in [1.165, 1.54) is 11.1 Å². The molecule has 6 nitrogen and oxygen atoms in total. The average molecular weight is 384 g/mol. The lowest BCUT2D eigenvalue weighted by Crippen LogP contribution is -2.49. The van der Waals surface area contributed by atoms with Crippen molar-refractivity contribution in [2.75, 3.05) is 31.5 Å². The average Bonchev–Trinajstić information content (AvgIpc) is 3.07. The van der Waals surface area contributed by atoms with Crippen molar-refractivity contribution in [1.82, 2.24) is 19.8 Å². The molecule has 1 amide bonds. The van der Waals surface area contributed by atoms with E-state index >= 15 is 0 Å². The molecule has 2 aromatic rings. The van der Waals surface area contributed by atoms with E-state index < -0.39 is 0 Å². The van der Waals surface area contributed by atoms with Gasteiger partial charge in [-0.05, 0) is 23.0 Å². The van der Waals surface area contributed by atoms with E-state index in [-0.39, 0.29) is 11.9 Å². The van der Waals surface area contributed by atoms with Crippen molar-refractivity contribution in [3.05, 3.63) is 47.5 Å². The van der Waals surface area contributed by atoms with Gasteiger partial charge in [0.05, 0.1) is 12.6 Å². The molecule has 1 aromatic carbocycles. The maximum atomic E-state index is 13.0. The molecule has 3 rings (SSSR count). The fourth-order valence-corrected chi connectivity index (χ4v) is 3.95. The van der Waals surface area contributed by atoms with Crippen LogP contribution in [0, 0.1) is 0 Å². The van der Waals surface area contributed by atoms with Crippen molar-refractivity contribution in [2.24, 2.45) is 7.05 Å². The minimum absolute atomic E-state index is 0.0381. The third-order valence-corrected chi connectivity index (χ3v) is 5.49. The van der Waals surface area contributed by atoms with Gasteiger partial charge >= 0.3 is 0 Å². The van der Waals surface area contributed by atoms with Crippen molar-refractivity contribution < 1.29 is 4.79 Å². The monoisotopic (exact) mass is 383 g/mol. The Labute approximate surface area is 168 Å². The van der Waals surface area contributed by atoms with E-state index in [9.17, 15) is 4.79 Å². The summed E-state index contributed by atoms with van der Waals surface area (Å²) in [4.78, 5) is 19.8. The van der Waals surface area contributed by atoms with Crippen molar-refractivity contribution in [3.8, 4) is 0 Å². The van der Waals surface area contributed by atoms with Gasteiger partial charge in [-0.2, -0.15) is 0 Å². The predicted molar refractivity (Wildman–Crippen MR) is 114 cm³/mol. The van der Waals surface area contributed by atoms with E-state index in [1.807, 2.05) is 24.0 Å². The number of rotatable bonds is 6. The third kappa shape index (κ3) is 4.45. The van der Waals surface area contributed by atoms with Gasteiger partial charge in [-0.15, -0.1) is 0 Å². The first-order chi connectivity index (χ1) is 13.4. The first-order valence-electron chi connectivity index (χ1n) is 10.2. The molecule has 1 fully saturated rings. The number of piperazine rings is 1. The summed E-state index contributed by atoms with van der Waals surface area (Å²) in [7, 11) is 2.00. The predicted octanol–water partition coefficient (Wildman–Crippen LogP) is 3.25. The van der Waals surface area contributed by atoms with Crippen molar-refractivity contribution in [1.29, 1.82) is 0 Å². The van der Waals surface area contributed by atoms with Crippen molar-refractivity contribution in [3.63, 3.8) is 0 Å². The van der Waals surface area contributed by atoms with Crippen LogP contribution in [0.1, 0.15) is 62.5 Å². The molecule has 0 spiro atoms. The topological polar surface area (TPSA) is 62.2 Å². The summed E-state index contributed by atoms with van der Waals surface area (Å²) < 4.78 is 2.04. The zero-order chi connectivity index (χ0) is 20.3. The number of carbonyl (C=O) groups is 1. The number of anilines is 1. The Morgan fingerprint density at radius 1 is 1.25 bits per heavy atom. The molecule has 0 saturated carbocycles. The van der Waals surface area contributed by atoms with Crippen LogP contribution in [-0.4, -0.2) is 46.5 Å². The first kappa shape index (κ1) is 20.6. The smallest absolute Gasteiger partial charge is 0.238 e. The standard InChI is InChI=1S/C22H33N5O/c1-15(2)17-7-6-8-18(16(3)4)21(17)25-20(28)14-27-12-9-23-13-19(27)22-24-10-11-26(22)5/h6-8,10-11,15-16,19,23H,9,12-14H2,1-5H3,(H,25,28). The van der Waals surface area contributed by atoms with Gasteiger partial charge in [-0.3, -0.25) is 9.69 Å². The lowest BCUT2D eigenvalue weighted by Gasteiger charge is -2.35. The molecular formula is C22H33N5O. The van der Waals surface area contributed by atoms with E-state index in [1.54, 1.807) is 0 Å². The quantitative estimate of drug-likeness (QED) is 0.804. The zero-order valence-electron chi connectivity index (χ0n) is 17.7. The summed E-state index contributed by atoms with van der Waals surface area (Å²) in [6, 6.07) is 6.43. The molecule has 0 radical (unpaired) electrons. The number of imidazole rings is 1. The van der Waals surface area contributed by atoms with Crippen molar-refractivity contribution >= 4 is 11.6 Å². The molecule has 1 aliphatic heterocycles. The van der Waals surface area contributed by atoms with Gasteiger partial charge in [0, 0.05) is 44.8 Å². The summed E-state index contributed by atoms with van der Waals surface area (Å²) in [6.45, 7) is 11.6. The van der Waals surface area contributed by atoms with Crippen LogP contribution in [0.4, 0.5) is 5.69 Å². The molecule has 2 N–H and O–H groups in total. The van der Waals surface area contributed by atoms with Crippen LogP contribution in [0.3, 0.4) is 0 Å². The fourth-order valence-electron chi connectivity index (χ4n) is 3.95. The highest BCUT2D eigenvalue weighted by Gasteiger charge is 2.28. The Morgan fingerprint density at radius 2 is 1.93 bits per heavy atom. The Balaban J connectivity index is 1.79. The molecule has 1 aromatic heterocycles. The van der Waals surface area contributed by atoms with E-state index in [0.29, 0.717) is 18.4 Å². The minimum atomic E-state index is 0.0381. The largest absolute Gasteiger partial charge is 0.337 e. The first-order valence-corrected chi connectivity index (χ1v) is 10.2. The Bertz CT molecular complexity index is 785. The van der Waals surface area contributed by atoms with E-state index in [0.717, 1.165) is 31.1 Å². The summed E-state index contributed by atoms with van der Waals surface area (Å²) in [5.74, 6) is 1.74. The highest BCUT2D eigenvalue weighted by Crippen LogP contribution is 2.32. The van der Waals surface area contributed by atoms with Gasteiger partial charge in [0.2, 0.25) is 5.91 Å². The lowest BCUT2D eigenvalue weighted by molar-refractivity contribution is -0.118. The van der Waals surface area contributed by atoms with Crippen LogP contribution in [0.15, 0.2) is 30.6 Å². The zero-order valence-corrected chi connectivity index (χ0v) is 17.7.